The van der Waals surface area contributed by atoms with Crippen molar-refractivity contribution < 1.29 is 4.79 Å². The number of benzene rings is 1. The lowest BCUT2D eigenvalue weighted by molar-refractivity contribution is -0.127. The molecule has 27 heavy (non-hydrogen) atoms. The number of hydrogen-bond donors (Lipinski definition) is 2. The normalized spacial score (nSPS) is 21.6. The number of aromatic amines is 1. The van der Waals surface area contributed by atoms with E-state index in [1.807, 2.05) is 18.2 Å². The maximum atomic E-state index is 12.6. The number of nitrogens with one attached hydrogen (secondary N) is 2. The van der Waals surface area contributed by atoms with Crippen LogP contribution in [-0.4, -0.2) is 46.5 Å². The lowest BCUT2D eigenvalue weighted by Crippen LogP contribution is -2.46. The summed E-state index contributed by atoms with van der Waals surface area (Å²) in [5.74, 6) is 0.846. The van der Waals surface area contributed by atoms with Gasteiger partial charge >= 0.3 is 0 Å². The summed E-state index contributed by atoms with van der Waals surface area (Å²) in [7, 11) is 0. The fraction of sp³-hybridized carbons (Fsp3) is 0.571. The van der Waals surface area contributed by atoms with E-state index in [0.717, 1.165) is 25.9 Å². The van der Waals surface area contributed by atoms with Crippen molar-refractivity contribution in [1.29, 1.82) is 0 Å². The fourth-order valence-electron chi connectivity index (χ4n) is 4.52. The Morgan fingerprint density at radius 2 is 2.00 bits per heavy atom. The minimum Gasteiger partial charge on any atom is -0.355 e. The molecular formula is C21H28N4O2. The molecule has 1 saturated heterocycles. The van der Waals surface area contributed by atoms with Gasteiger partial charge in [0.05, 0.1) is 16.8 Å². The van der Waals surface area contributed by atoms with E-state index in [9.17, 15) is 9.59 Å². The number of carbonyl (C=O) groups is 1. The summed E-state index contributed by atoms with van der Waals surface area (Å²) < 4.78 is 0. The number of hydrogen-bond acceptors (Lipinski definition) is 4. The quantitative estimate of drug-likeness (QED) is 0.848. The molecule has 1 atom stereocenters. The van der Waals surface area contributed by atoms with Crippen LogP contribution in [0.2, 0.25) is 0 Å². The van der Waals surface area contributed by atoms with Gasteiger partial charge in [-0.2, -0.15) is 0 Å². The number of likely N-dealkylation sites (tertiary alicyclic amines) is 1. The third kappa shape index (κ3) is 4.21. The van der Waals surface area contributed by atoms with Crippen molar-refractivity contribution in [3.63, 3.8) is 0 Å². The van der Waals surface area contributed by atoms with Gasteiger partial charge in [0.25, 0.3) is 5.56 Å². The van der Waals surface area contributed by atoms with Gasteiger partial charge < -0.3 is 10.3 Å². The fourth-order valence-corrected chi connectivity index (χ4v) is 4.52. The molecule has 144 valence electrons. The molecule has 6 heteroatoms. The van der Waals surface area contributed by atoms with Crippen LogP contribution >= 0.6 is 0 Å². The zero-order valence-electron chi connectivity index (χ0n) is 15.7. The largest absolute Gasteiger partial charge is 0.355 e. The average molecular weight is 368 g/mol. The molecule has 2 aliphatic rings. The number of amides is 1. The number of H-pyrrole nitrogens is 1. The highest BCUT2D eigenvalue weighted by Gasteiger charge is 2.30. The molecule has 1 aliphatic heterocycles. The Kier molecular flexibility index (Phi) is 5.53. The van der Waals surface area contributed by atoms with Crippen LogP contribution in [0.1, 0.15) is 44.3 Å². The van der Waals surface area contributed by atoms with Crippen LogP contribution in [0.25, 0.3) is 10.9 Å². The molecule has 1 aliphatic carbocycles. The molecule has 0 radical (unpaired) electrons. The summed E-state index contributed by atoms with van der Waals surface area (Å²) in [6.07, 6.45) is 7.84. The van der Waals surface area contributed by atoms with Gasteiger partial charge in [0, 0.05) is 25.6 Å². The number of para-hydroxylation sites is 1. The van der Waals surface area contributed by atoms with Gasteiger partial charge in [-0.15, -0.1) is 0 Å². The van der Waals surface area contributed by atoms with Crippen LogP contribution in [-0.2, 0) is 11.2 Å². The standard InChI is InChI=1S/C21H28N4O2/c26-20(15-6-5-13-25(14-15)16-7-1-2-8-16)22-12-11-19-23-18-10-4-3-9-17(18)21(27)24-19/h3-4,9-10,15-16H,1-2,5-8,11-14H2,(H,22,26)(H,23,24,27). The number of rotatable bonds is 5. The molecule has 0 bridgehead atoms. The maximum absolute atomic E-state index is 12.6. The SMILES string of the molecule is O=C(NCCc1nc2ccccc2c(=O)[nH]1)C1CCCN(C2CCCC2)C1. The van der Waals surface area contributed by atoms with E-state index in [0.29, 0.717) is 35.7 Å². The number of carbonyl (C=O) groups excluding carboxylic acids is 1. The van der Waals surface area contributed by atoms with Crippen molar-refractivity contribution >= 4 is 16.8 Å². The molecule has 0 spiro atoms. The molecule has 1 saturated carbocycles. The predicted molar refractivity (Wildman–Crippen MR) is 106 cm³/mol. The third-order valence-corrected chi connectivity index (χ3v) is 5.99. The maximum Gasteiger partial charge on any atom is 0.258 e. The van der Waals surface area contributed by atoms with Gasteiger partial charge in [-0.05, 0) is 44.4 Å². The monoisotopic (exact) mass is 368 g/mol. The first-order chi connectivity index (χ1) is 13.2. The topological polar surface area (TPSA) is 78.1 Å². The van der Waals surface area contributed by atoms with Crippen molar-refractivity contribution in [2.75, 3.05) is 19.6 Å². The predicted octanol–water partition coefficient (Wildman–Crippen LogP) is 2.24. The van der Waals surface area contributed by atoms with Crippen molar-refractivity contribution in [1.82, 2.24) is 20.2 Å². The first-order valence-electron chi connectivity index (χ1n) is 10.2. The van der Waals surface area contributed by atoms with Crippen LogP contribution in [0.3, 0.4) is 0 Å². The minimum absolute atomic E-state index is 0.0861. The zero-order valence-corrected chi connectivity index (χ0v) is 15.7. The Balaban J connectivity index is 1.31. The van der Waals surface area contributed by atoms with Gasteiger partial charge in [0.2, 0.25) is 5.91 Å². The second kappa shape index (κ2) is 8.21. The van der Waals surface area contributed by atoms with Gasteiger partial charge in [0.1, 0.15) is 5.82 Å². The minimum atomic E-state index is -0.124. The molecule has 1 unspecified atom stereocenters. The van der Waals surface area contributed by atoms with Gasteiger partial charge in [-0.1, -0.05) is 25.0 Å². The molecule has 1 aromatic carbocycles. The summed E-state index contributed by atoms with van der Waals surface area (Å²) in [5.41, 5.74) is 0.573. The lowest BCUT2D eigenvalue weighted by atomic mass is 9.95. The Bertz CT molecular complexity index is 857. The smallest absolute Gasteiger partial charge is 0.258 e. The average Bonchev–Trinajstić information content (AvgIpc) is 3.23. The first kappa shape index (κ1) is 18.2. The molecule has 1 aromatic heterocycles. The van der Waals surface area contributed by atoms with Crippen LogP contribution in [0, 0.1) is 5.92 Å². The number of nitrogens with zero attached hydrogens (tertiary/aromatic N) is 2. The van der Waals surface area contributed by atoms with Crippen molar-refractivity contribution in [3.05, 3.63) is 40.4 Å². The van der Waals surface area contributed by atoms with E-state index >= 15 is 0 Å². The van der Waals surface area contributed by atoms with Gasteiger partial charge in [0.15, 0.2) is 0 Å². The molecule has 2 N–H and O–H groups in total. The van der Waals surface area contributed by atoms with Gasteiger partial charge in [-0.25, -0.2) is 4.98 Å². The Morgan fingerprint density at radius 1 is 1.19 bits per heavy atom. The van der Waals surface area contributed by atoms with E-state index in [1.165, 1.54) is 25.7 Å². The molecular weight excluding hydrogens is 340 g/mol. The summed E-state index contributed by atoms with van der Waals surface area (Å²) in [6.45, 7) is 2.53. The van der Waals surface area contributed by atoms with Crippen LogP contribution in [0.5, 0.6) is 0 Å². The van der Waals surface area contributed by atoms with Crippen molar-refractivity contribution in [2.45, 2.75) is 51.0 Å². The van der Waals surface area contributed by atoms with Crippen molar-refractivity contribution in [3.8, 4) is 0 Å². The van der Waals surface area contributed by atoms with Crippen LogP contribution < -0.4 is 10.9 Å². The lowest BCUT2D eigenvalue weighted by Gasteiger charge is -2.36. The van der Waals surface area contributed by atoms with Crippen LogP contribution in [0.4, 0.5) is 0 Å². The molecule has 4 rings (SSSR count). The summed E-state index contributed by atoms with van der Waals surface area (Å²) in [5, 5.41) is 3.65. The Morgan fingerprint density at radius 3 is 2.85 bits per heavy atom. The second-order valence-electron chi connectivity index (χ2n) is 7.84. The summed E-state index contributed by atoms with van der Waals surface area (Å²) >= 11 is 0. The zero-order chi connectivity index (χ0) is 18.6. The third-order valence-electron chi connectivity index (χ3n) is 5.99. The number of piperidine rings is 1. The molecule has 2 aromatic rings. The highest BCUT2D eigenvalue weighted by atomic mass is 16.2. The van der Waals surface area contributed by atoms with Gasteiger partial charge in [-0.3, -0.25) is 14.5 Å². The molecule has 6 nitrogen and oxygen atoms in total. The highest BCUT2D eigenvalue weighted by Crippen LogP contribution is 2.27. The van der Waals surface area contributed by atoms with E-state index in [4.69, 9.17) is 0 Å². The highest BCUT2D eigenvalue weighted by molar-refractivity contribution is 5.79. The van der Waals surface area contributed by atoms with E-state index in [2.05, 4.69) is 20.2 Å². The summed E-state index contributed by atoms with van der Waals surface area (Å²) in [4.78, 5) is 34.6. The summed E-state index contributed by atoms with van der Waals surface area (Å²) in [6, 6.07) is 8.00. The second-order valence-corrected chi connectivity index (χ2v) is 7.84. The van der Waals surface area contributed by atoms with E-state index < -0.39 is 0 Å². The molecule has 1 amide bonds. The van der Waals surface area contributed by atoms with Crippen molar-refractivity contribution in [2.24, 2.45) is 5.92 Å². The number of aromatic nitrogens is 2. The molecule has 2 fully saturated rings. The number of fused-ring (bicyclic) bond motifs is 1. The van der Waals surface area contributed by atoms with E-state index in [1.54, 1.807) is 6.07 Å². The first-order valence-corrected chi connectivity index (χ1v) is 10.2. The van der Waals surface area contributed by atoms with Crippen LogP contribution in [0.15, 0.2) is 29.1 Å². The molecule has 2 heterocycles. The Labute approximate surface area is 159 Å². The van der Waals surface area contributed by atoms with E-state index in [-0.39, 0.29) is 17.4 Å². The Hall–Kier alpha value is -2.21.